The van der Waals surface area contributed by atoms with E-state index in [-0.39, 0.29) is 0 Å². The van der Waals surface area contributed by atoms with Gasteiger partial charge in [-0.25, -0.2) is 0 Å². The second kappa shape index (κ2) is 8.92. The minimum atomic E-state index is 0.884. The van der Waals surface area contributed by atoms with E-state index < -0.39 is 0 Å². The summed E-state index contributed by atoms with van der Waals surface area (Å²) in [6, 6.07) is 0.913. The summed E-state index contributed by atoms with van der Waals surface area (Å²) in [4.78, 5) is 5.19. The lowest BCUT2D eigenvalue weighted by molar-refractivity contribution is 0.103. The van der Waals surface area contributed by atoms with Gasteiger partial charge in [0.05, 0.1) is 0 Å². The summed E-state index contributed by atoms with van der Waals surface area (Å²) in [5, 5.41) is 0. The van der Waals surface area contributed by atoms with Crippen LogP contribution in [0.5, 0.6) is 0 Å². The fourth-order valence-electron chi connectivity index (χ4n) is 2.64. The molecular formula is C16H34N2. The quantitative estimate of drug-likeness (QED) is 0.742. The molecule has 2 rings (SSSR count). The van der Waals surface area contributed by atoms with Crippen molar-refractivity contribution in [3.63, 3.8) is 0 Å². The minimum Gasteiger partial charge on any atom is -0.306 e. The van der Waals surface area contributed by atoms with Crippen molar-refractivity contribution in [2.45, 2.75) is 65.3 Å². The first-order chi connectivity index (χ1) is 8.63. The van der Waals surface area contributed by atoms with Gasteiger partial charge in [-0.1, -0.05) is 33.6 Å². The van der Waals surface area contributed by atoms with Gasteiger partial charge in [-0.15, -0.1) is 0 Å². The molecule has 0 radical (unpaired) electrons. The molecule has 0 aliphatic carbocycles. The van der Waals surface area contributed by atoms with Gasteiger partial charge >= 0.3 is 0 Å². The van der Waals surface area contributed by atoms with Gasteiger partial charge in [0.15, 0.2) is 0 Å². The molecule has 2 nitrogen and oxygen atoms in total. The van der Waals surface area contributed by atoms with Gasteiger partial charge in [-0.2, -0.15) is 0 Å². The highest BCUT2D eigenvalue weighted by Crippen LogP contribution is 2.19. The molecule has 2 fully saturated rings. The first-order valence-electron chi connectivity index (χ1n) is 8.06. The van der Waals surface area contributed by atoms with E-state index in [4.69, 9.17) is 0 Å². The van der Waals surface area contributed by atoms with Crippen molar-refractivity contribution in [1.82, 2.24) is 9.80 Å². The minimum absolute atomic E-state index is 0.884. The predicted molar refractivity (Wildman–Crippen MR) is 81.1 cm³/mol. The number of likely N-dealkylation sites (tertiary alicyclic amines) is 2. The Hall–Kier alpha value is -0.0800. The van der Waals surface area contributed by atoms with Crippen LogP contribution in [-0.4, -0.2) is 49.1 Å². The first-order valence-corrected chi connectivity index (χ1v) is 8.06. The molecule has 0 bridgehead atoms. The maximum atomic E-state index is 2.73. The van der Waals surface area contributed by atoms with Crippen LogP contribution in [0, 0.1) is 5.92 Å². The fraction of sp³-hybridized carbons (Fsp3) is 1.00. The second-order valence-corrected chi connectivity index (χ2v) is 6.43. The zero-order chi connectivity index (χ0) is 13.4. The SMILES string of the molecule is CCC(C)C.CN1CCC(N2CCCCC2)CC1. The van der Waals surface area contributed by atoms with Crippen LogP contribution < -0.4 is 0 Å². The number of hydrogen-bond acceptors (Lipinski definition) is 2. The van der Waals surface area contributed by atoms with Crippen molar-refractivity contribution in [2.24, 2.45) is 5.92 Å². The normalized spacial score (nSPS) is 23.8. The third-order valence-corrected chi connectivity index (χ3v) is 4.41. The second-order valence-electron chi connectivity index (χ2n) is 6.43. The molecule has 0 unspecified atom stereocenters. The molecule has 2 saturated heterocycles. The van der Waals surface area contributed by atoms with E-state index >= 15 is 0 Å². The summed E-state index contributed by atoms with van der Waals surface area (Å²) in [6.07, 6.45) is 8.44. The Morgan fingerprint density at radius 2 is 1.44 bits per heavy atom. The van der Waals surface area contributed by atoms with Gasteiger partial charge in [0, 0.05) is 6.04 Å². The van der Waals surface area contributed by atoms with E-state index in [1.54, 1.807) is 0 Å². The number of rotatable bonds is 2. The van der Waals surface area contributed by atoms with E-state index in [1.807, 2.05) is 0 Å². The molecule has 2 aliphatic rings. The van der Waals surface area contributed by atoms with Crippen LogP contribution >= 0.6 is 0 Å². The smallest absolute Gasteiger partial charge is 0.0120 e. The van der Waals surface area contributed by atoms with Crippen LogP contribution in [0.15, 0.2) is 0 Å². The average molecular weight is 254 g/mol. The van der Waals surface area contributed by atoms with Gasteiger partial charge in [-0.3, -0.25) is 0 Å². The van der Waals surface area contributed by atoms with Gasteiger partial charge < -0.3 is 9.80 Å². The van der Waals surface area contributed by atoms with E-state index in [9.17, 15) is 0 Å². The van der Waals surface area contributed by atoms with E-state index in [0.29, 0.717) is 0 Å². The number of hydrogen-bond donors (Lipinski definition) is 0. The Balaban J connectivity index is 0.000000280. The van der Waals surface area contributed by atoms with E-state index in [0.717, 1.165) is 12.0 Å². The van der Waals surface area contributed by atoms with Crippen LogP contribution in [0.2, 0.25) is 0 Å². The highest BCUT2D eigenvalue weighted by molar-refractivity contribution is 4.80. The van der Waals surface area contributed by atoms with Crippen molar-refractivity contribution in [2.75, 3.05) is 33.2 Å². The van der Waals surface area contributed by atoms with Crippen molar-refractivity contribution in [3.8, 4) is 0 Å². The van der Waals surface area contributed by atoms with Crippen molar-refractivity contribution >= 4 is 0 Å². The predicted octanol–water partition coefficient (Wildman–Crippen LogP) is 3.62. The van der Waals surface area contributed by atoms with Gasteiger partial charge in [0.2, 0.25) is 0 Å². The van der Waals surface area contributed by atoms with E-state index in [1.165, 1.54) is 64.7 Å². The molecule has 0 aromatic rings. The Kier molecular flexibility index (Phi) is 7.92. The Labute approximate surface area is 115 Å². The maximum absolute atomic E-state index is 2.73. The van der Waals surface area contributed by atoms with Crippen molar-refractivity contribution in [3.05, 3.63) is 0 Å². The molecule has 0 atom stereocenters. The molecule has 18 heavy (non-hydrogen) atoms. The van der Waals surface area contributed by atoms with Gasteiger partial charge in [0.1, 0.15) is 0 Å². The largest absolute Gasteiger partial charge is 0.306 e. The van der Waals surface area contributed by atoms with Crippen molar-refractivity contribution in [1.29, 1.82) is 0 Å². The van der Waals surface area contributed by atoms with Crippen molar-refractivity contribution < 1.29 is 0 Å². The van der Waals surface area contributed by atoms with Crippen LogP contribution in [-0.2, 0) is 0 Å². The molecule has 0 saturated carbocycles. The molecular weight excluding hydrogens is 220 g/mol. The highest BCUT2D eigenvalue weighted by atomic mass is 15.2. The molecule has 0 aromatic carbocycles. The lowest BCUT2D eigenvalue weighted by atomic mass is 10.0. The van der Waals surface area contributed by atoms with Crippen LogP contribution in [0.3, 0.4) is 0 Å². The highest BCUT2D eigenvalue weighted by Gasteiger charge is 2.23. The molecule has 0 amide bonds. The zero-order valence-corrected chi connectivity index (χ0v) is 13.1. The maximum Gasteiger partial charge on any atom is 0.0120 e. The summed E-state index contributed by atoms with van der Waals surface area (Å²) >= 11 is 0. The van der Waals surface area contributed by atoms with Crippen LogP contribution in [0.4, 0.5) is 0 Å². The Morgan fingerprint density at radius 3 is 1.89 bits per heavy atom. The van der Waals surface area contributed by atoms with Crippen LogP contribution in [0.25, 0.3) is 0 Å². The van der Waals surface area contributed by atoms with E-state index in [2.05, 4.69) is 37.6 Å². The van der Waals surface area contributed by atoms with Gasteiger partial charge in [-0.05, 0) is 64.8 Å². The molecule has 0 N–H and O–H groups in total. The first kappa shape index (κ1) is 16.0. The summed E-state index contributed by atoms with van der Waals surface area (Å²) in [5.74, 6) is 0.884. The lowest BCUT2D eigenvalue weighted by Crippen LogP contribution is -2.45. The molecule has 2 aliphatic heterocycles. The summed E-state index contributed by atoms with van der Waals surface area (Å²) in [6.45, 7) is 12.0. The van der Waals surface area contributed by atoms with Gasteiger partial charge in [0.25, 0.3) is 0 Å². The topological polar surface area (TPSA) is 6.48 Å². The number of piperidine rings is 2. The summed E-state index contributed by atoms with van der Waals surface area (Å²) in [7, 11) is 2.24. The zero-order valence-electron chi connectivity index (χ0n) is 13.1. The molecule has 0 aromatic heterocycles. The molecule has 2 heterocycles. The number of nitrogens with zero attached hydrogens (tertiary/aromatic N) is 2. The lowest BCUT2D eigenvalue weighted by Gasteiger charge is -2.39. The average Bonchev–Trinajstić information content (AvgIpc) is 2.41. The summed E-state index contributed by atoms with van der Waals surface area (Å²) < 4.78 is 0. The molecule has 108 valence electrons. The fourth-order valence-corrected chi connectivity index (χ4v) is 2.64. The molecule has 0 spiro atoms. The third-order valence-electron chi connectivity index (χ3n) is 4.41. The Morgan fingerprint density at radius 1 is 0.944 bits per heavy atom. The standard InChI is InChI=1S/C11H22N2.C5H12/c1-12-9-5-11(6-10-12)13-7-3-2-4-8-13;1-4-5(2)3/h11H,2-10H2,1H3;5H,4H2,1-3H3. The summed E-state index contributed by atoms with van der Waals surface area (Å²) in [5.41, 5.74) is 0. The molecule has 2 heteroatoms. The monoisotopic (exact) mass is 254 g/mol. The Bertz CT molecular complexity index is 189. The third kappa shape index (κ3) is 6.19. The van der Waals surface area contributed by atoms with Crippen LogP contribution in [0.1, 0.15) is 59.3 Å².